The van der Waals surface area contributed by atoms with Gasteiger partial charge in [-0.05, 0) is 30.7 Å². The standard InChI is InChI=1S/C20H24ClFN4O9P2/c1-10(11-2-4-12(22)5-3-11)24-14-6-16(21)25-19-13(14)7-23-26(19)20-18(28)17(27)15(35-20)8-34-37(32,33)9-36(29,30)31/h2-7,10,15,17-18,20,27-28H,8-9H2,1H3,(H,24,25)(H,32,33)(H2,29,30,31)/t10?,15-,17-,18-,20-/m1/s1. The van der Waals surface area contributed by atoms with Crippen molar-refractivity contribution in [2.24, 2.45) is 0 Å². The number of hydrogen-bond donors (Lipinski definition) is 6. The third-order valence-electron chi connectivity index (χ3n) is 5.66. The summed E-state index contributed by atoms with van der Waals surface area (Å²) < 4.78 is 47.7. The lowest BCUT2D eigenvalue weighted by Crippen LogP contribution is -2.33. The number of aliphatic hydroxyl groups excluding tert-OH is 2. The maximum atomic E-state index is 13.3. The molecule has 202 valence electrons. The molecule has 17 heteroatoms. The van der Waals surface area contributed by atoms with Crippen molar-refractivity contribution in [2.75, 3.05) is 17.8 Å². The fourth-order valence-electron chi connectivity index (χ4n) is 3.89. The number of ether oxygens (including phenoxy) is 1. The van der Waals surface area contributed by atoms with Crippen molar-refractivity contribution in [2.45, 2.75) is 37.5 Å². The highest BCUT2D eigenvalue weighted by Crippen LogP contribution is 2.55. The van der Waals surface area contributed by atoms with E-state index < -0.39 is 52.2 Å². The van der Waals surface area contributed by atoms with Crippen molar-refractivity contribution in [3.05, 3.63) is 53.1 Å². The van der Waals surface area contributed by atoms with Gasteiger partial charge in [-0.1, -0.05) is 23.7 Å². The molecule has 2 unspecified atom stereocenters. The Morgan fingerprint density at radius 1 is 1.22 bits per heavy atom. The number of hydrogen-bond acceptors (Lipinski definition) is 9. The topological polar surface area (TPSA) is 196 Å². The van der Waals surface area contributed by atoms with Crippen LogP contribution in [0.3, 0.4) is 0 Å². The number of nitrogens with zero attached hydrogens (tertiary/aromatic N) is 3. The molecule has 1 fully saturated rings. The number of anilines is 1. The van der Waals surface area contributed by atoms with Crippen molar-refractivity contribution in [3.8, 4) is 0 Å². The van der Waals surface area contributed by atoms with Crippen LogP contribution in [-0.4, -0.2) is 70.5 Å². The van der Waals surface area contributed by atoms with Crippen LogP contribution in [0.15, 0.2) is 36.5 Å². The Morgan fingerprint density at radius 3 is 2.54 bits per heavy atom. The van der Waals surface area contributed by atoms with E-state index in [1.165, 1.54) is 23.0 Å². The molecule has 1 aliphatic heterocycles. The molecular formula is C20H24ClFN4O9P2. The molecule has 6 atom stereocenters. The van der Waals surface area contributed by atoms with E-state index in [0.717, 1.165) is 5.56 Å². The maximum absolute atomic E-state index is 13.3. The second kappa shape index (κ2) is 10.7. The van der Waals surface area contributed by atoms with E-state index in [9.17, 15) is 28.6 Å². The Hall–Kier alpha value is -1.96. The lowest BCUT2D eigenvalue weighted by atomic mass is 10.1. The molecule has 3 heterocycles. The summed E-state index contributed by atoms with van der Waals surface area (Å²) in [5.41, 5.74) is 1.52. The number of nitrogens with one attached hydrogen (secondary N) is 1. The monoisotopic (exact) mass is 580 g/mol. The van der Waals surface area contributed by atoms with Gasteiger partial charge in [-0.25, -0.2) is 14.1 Å². The van der Waals surface area contributed by atoms with E-state index in [0.29, 0.717) is 11.1 Å². The number of benzene rings is 1. The number of halogens is 2. The van der Waals surface area contributed by atoms with Crippen molar-refractivity contribution < 1.29 is 47.7 Å². The van der Waals surface area contributed by atoms with Crippen LogP contribution in [-0.2, 0) is 18.4 Å². The van der Waals surface area contributed by atoms with Gasteiger partial charge >= 0.3 is 15.2 Å². The highest BCUT2D eigenvalue weighted by atomic mass is 35.5. The molecule has 0 radical (unpaired) electrons. The fraction of sp³-hybridized carbons (Fsp3) is 0.400. The molecule has 0 amide bonds. The van der Waals surface area contributed by atoms with E-state index in [4.69, 9.17) is 30.6 Å². The van der Waals surface area contributed by atoms with Gasteiger partial charge < -0.3 is 39.5 Å². The van der Waals surface area contributed by atoms with E-state index in [1.807, 2.05) is 6.92 Å². The zero-order chi connectivity index (χ0) is 27.1. The van der Waals surface area contributed by atoms with E-state index in [2.05, 4.69) is 15.4 Å². The zero-order valence-corrected chi connectivity index (χ0v) is 21.7. The normalized spacial score (nSPS) is 24.8. The van der Waals surface area contributed by atoms with Crippen molar-refractivity contribution in [3.63, 3.8) is 0 Å². The third kappa shape index (κ3) is 6.55. The summed E-state index contributed by atoms with van der Waals surface area (Å²) in [4.78, 5) is 31.7. The van der Waals surface area contributed by atoms with Gasteiger partial charge in [-0.15, -0.1) is 0 Å². The first-order valence-electron chi connectivity index (χ1n) is 10.8. The summed E-state index contributed by atoms with van der Waals surface area (Å²) in [6, 6.07) is 7.25. The van der Waals surface area contributed by atoms with Gasteiger partial charge in [0.1, 0.15) is 29.3 Å². The fourth-order valence-corrected chi connectivity index (χ4v) is 6.65. The molecule has 0 saturated carbocycles. The molecule has 0 bridgehead atoms. The minimum absolute atomic E-state index is 0.0784. The Morgan fingerprint density at radius 2 is 1.89 bits per heavy atom. The summed E-state index contributed by atoms with van der Waals surface area (Å²) in [5, 5.41) is 29.0. The minimum atomic E-state index is -4.85. The second-order valence-corrected chi connectivity index (χ2v) is 12.9. The Labute approximate surface area is 214 Å². The van der Waals surface area contributed by atoms with Crippen LogP contribution in [0, 0.1) is 5.82 Å². The van der Waals surface area contributed by atoms with Crippen LogP contribution < -0.4 is 5.32 Å². The third-order valence-corrected chi connectivity index (χ3v) is 9.31. The first kappa shape index (κ1) is 28.1. The summed E-state index contributed by atoms with van der Waals surface area (Å²) >= 11 is 6.22. The molecule has 3 aromatic rings. The van der Waals surface area contributed by atoms with Crippen LogP contribution in [0.4, 0.5) is 10.1 Å². The maximum Gasteiger partial charge on any atom is 0.340 e. The number of aromatic nitrogens is 3. The van der Waals surface area contributed by atoms with E-state index >= 15 is 0 Å². The highest BCUT2D eigenvalue weighted by molar-refractivity contribution is 7.70. The van der Waals surface area contributed by atoms with Crippen molar-refractivity contribution >= 4 is 43.5 Å². The highest BCUT2D eigenvalue weighted by Gasteiger charge is 2.46. The molecular weight excluding hydrogens is 557 g/mol. The average molecular weight is 581 g/mol. The van der Waals surface area contributed by atoms with Crippen LogP contribution in [0.2, 0.25) is 5.15 Å². The second-order valence-electron chi connectivity index (χ2n) is 8.52. The van der Waals surface area contributed by atoms with Crippen LogP contribution in [0.1, 0.15) is 24.8 Å². The summed E-state index contributed by atoms with van der Waals surface area (Å²) in [7, 11) is -9.55. The smallest absolute Gasteiger partial charge is 0.340 e. The summed E-state index contributed by atoms with van der Waals surface area (Å²) in [6.07, 6.45) is -4.34. The molecule has 6 N–H and O–H groups in total. The minimum Gasteiger partial charge on any atom is -0.387 e. The van der Waals surface area contributed by atoms with Crippen molar-refractivity contribution in [1.29, 1.82) is 0 Å². The lowest BCUT2D eigenvalue weighted by Gasteiger charge is -2.18. The van der Waals surface area contributed by atoms with Gasteiger partial charge in [-0.2, -0.15) is 5.10 Å². The van der Waals surface area contributed by atoms with Crippen LogP contribution in [0.5, 0.6) is 0 Å². The molecule has 2 aromatic heterocycles. The summed E-state index contributed by atoms with van der Waals surface area (Å²) in [5.74, 6) is -1.77. The average Bonchev–Trinajstić information content (AvgIpc) is 3.32. The van der Waals surface area contributed by atoms with E-state index in [1.54, 1.807) is 18.2 Å². The number of rotatable bonds is 9. The first-order valence-corrected chi connectivity index (χ1v) is 14.8. The molecule has 37 heavy (non-hydrogen) atoms. The van der Waals surface area contributed by atoms with Gasteiger partial charge in [0.05, 0.1) is 23.9 Å². The molecule has 0 spiro atoms. The SMILES string of the molecule is CC(Nc1cc(Cl)nc2c1cnn2[C@@H]1O[C@H](COP(=O)(O)CP(=O)(O)O)[C@@H](O)[C@H]1O)c1ccc(F)cc1. The first-order chi connectivity index (χ1) is 17.2. The number of pyridine rings is 1. The number of fused-ring (bicyclic) bond motifs is 1. The molecule has 1 aromatic carbocycles. The van der Waals surface area contributed by atoms with Gasteiger partial charge in [0, 0.05) is 6.04 Å². The molecule has 1 aliphatic rings. The van der Waals surface area contributed by atoms with Gasteiger partial charge in [-0.3, -0.25) is 9.13 Å². The Balaban J connectivity index is 1.55. The van der Waals surface area contributed by atoms with E-state index in [-0.39, 0.29) is 22.7 Å². The van der Waals surface area contributed by atoms with Gasteiger partial charge in [0.2, 0.25) is 0 Å². The Bertz CT molecular complexity index is 1370. The quantitative estimate of drug-likeness (QED) is 0.160. The molecule has 0 aliphatic carbocycles. The Kier molecular flexibility index (Phi) is 8.08. The lowest BCUT2D eigenvalue weighted by molar-refractivity contribution is -0.0541. The summed E-state index contributed by atoms with van der Waals surface area (Å²) in [6.45, 7) is 1.12. The van der Waals surface area contributed by atoms with Crippen LogP contribution >= 0.6 is 26.8 Å². The van der Waals surface area contributed by atoms with Crippen LogP contribution in [0.25, 0.3) is 11.0 Å². The van der Waals surface area contributed by atoms with Gasteiger partial charge in [0.15, 0.2) is 17.8 Å². The predicted octanol–water partition coefficient (Wildman–Crippen LogP) is 2.35. The molecule has 4 rings (SSSR count). The molecule has 13 nitrogen and oxygen atoms in total. The molecule has 1 saturated heterocycles. The zero-order valence-electron chi connectivity index (χ0n) is 19.1. The largest absolute Gasteiger partial charge is 0.387 e. The number of aliphatic hydroxyl groups is 2. The predicted molar refractivity (Wildman–Crippen MR) is 130 cm³/mol. The van der Waals surface area contributed by atoms with Gasteiger partial charge in [0.25, 0.3) is 0 Å². The van der Waals surface area contributed by atoms with Crippen molar-refractivity contribution in [1.82, 2.24) is 14.8 Å².